The van der Waals surface area contributed by atoms with E-state index in [-0.39, 0.29) is 12.3 Å². The molecule has 1 aromatic carbocycles. The lowest BCUT2D eigenvalue weighted by molar-refractivity contribution is -0.115. The highest BCUT2D eigenvalue weighted by molar-refractivity contribution is 6.35. The Bertz CT molecular complexity index is 683. The van der Waals surface area contributed by atoms with Gasteiger partial charge in [0.25, 0.3) is 0 Å². The van der Waals surface area contributed by atoms with Crippen LogP contribution >= 0.6 is 11.6 Å². The van der Waals surface area contributed by atoms with Crippen LogP contribution in [-0.2, 0) is 11.2 Å². The number of furan rings is 1. The van der Waals surface area contributed by atoms with Crippen LogP contribution in [0, 0.1) is 18.3 Å². The number of aryl methyl sites for hydroxylation is 2. The Labute approximate surface area is 116 Å². The quantitative estimate of drug-likeness (QED) is 0.927. The summed E-state index contributed by atoms with van der Waals surface area (Å²) in [6.45, 7) is 3.97. The summed E-state index contributed by atoms with van der Waals surface area (Å²) in [4.78, 5) is 11.4. The van der Waals surface area contributed by atoms with Gasteiger partial charge < -0.3 is 9.73 Å². The number of nitriles is 1. The number of hydrogen-bond donors (Lipinski definition) is 1. The van der Waals surface area contributed by atoms with Crippen LogP contribution in [0.4, 0.5) is 5.69 Å². The van der Waals surface area contributed by atoms with E-state index in [1.807, 2.05) is 19.9 Å². The van der Waals surface area contributed by atoms with Gasteiger partial charge >= 0.3 is 0 Å². The van der Waals surface area contributed by atoms with Gasteiger partial charge in [0.15, 0.2) is 5.58 Å². The minimum Gasteiger partial charge on any atom is -0.459 e. The summed E-state index contributed by atoms with van der Waals surface area (Å²) in [5.41, 5.74) is 2.23. The number of hydrogen-bond acceptors (Lipinski definition) is 3. The Balaban J connectivity index is 2.46. The summed E-state index contributed by atoms with van der Waals surface area (Å²) in [6, 6.07) is 5.24. The van der Waals surface area contributed by atoms with Gasteiger partial charge in [-0.2, -0.15) is 5.26 Å². The van der Waals surface area contributed by atoms with Crippen molar-refractivity contribution in [1.82, 2.24) is 0 Å². The molecule has 0 radical (unpaired) electrons. The van der Waals surface area contributed by atoms with Gasteiger partial charge in [0.05, 0.1) is 11.1 Å². The Hall–Kier alpha value is -1.99. The Morgan fingerprint density at radius 3 is 2.89 bits per heavy atom. The van der Waals surface area contributed by atoms with Crippen molar-refractivity contribution in [1.29, 1.82) is 5.26 Å². The highest BCUT2D eigenvalue weighted by Crippen LogP contribution is 2.34. The fourth-order valence-corrected chi connectivity index (χ4v) is 2.27. The van der Waals surface area contributed by atoms with E-state index in [0.29, 0.717) is 16.3 Å². The maximum absolute atomic E-state index is 11.4. The number of fused-ring (bicyclic) bond motifs is 1. The third kappa shape index (κ3) is 2.56. The van der Waals surface area contributed by atoms with Gasteiger partial charge in [-0.1, -0.05) is 18.5 Å². The lowest BCUT2D eigenvalue weighted by atomic mass is 10.1. The second-order valence-corrected chi connectivity index (χ2v) is 4.63. The minimum atomic E-state index is -0.352. The van der Waals surface area contributed by atoms with E-state index in [1.54, 1.807) is 12.1 Å². The van der Waals surface area contributed by atoms with E-state index in [2.05, 4.69) is 5.32 Å². The average Bonchev–Trinajstić information content (AvgIpc) is 2.67. The minimum absolute atomic E-state index is 0.180. The third-order valence-electron chi connectivity index (χ3n) is 2.94. The van der Waals surface area contributed by atoms with Crippen LogP contribution in [-0.4, -0.2) is 5.91 Å². The Morgan fingerprint density at radius 1 is 1.53 bits per heavy atom. The number of anilines is 1. The molecule has 1 amide bonds. The van der Waals surface area contributed by atoms with Gasteiger partial charge in [-0.15, -0.1) is 0 Å². The lowest BCUT2D eigenvalue weighted by Crippen LogP contribution is -2.09. The fourth-order valence-electron chi connectivity index (χ4n) is 2.01. The molecule has 19 heavy (non-hydrogen) atoms. The molecule has 0 atom stereocenters. The molecule has 1 N–H and O–H groups in total. The molecule has 0 spiro atoms. The van der Waals surface area contributed by atoms with Crippen LogP contribution in [0.3, 0.4) is 0 Å². The molecule has 0 aliphatic carbocycles. The highest BCUT2D eigenvalue weighted by Gasteiger charge is 2.14. The molecule has 2 rings (SSSR count). The fraction of sp³-hybridized carbons (Fsp3) is 0.286. The van der Waals surface area contributed by atoms with E-state index < -0.39 is 0 Å². The van der Waals surface area contributed by atoms with Crippen LogP contribution in [0.15, 0.2) is 16.5 Å². The molecular formula is C14H13ClN2O2. The van der Waals surface area contributed by atoms with Gasteiger partial charge in [-0.25, -0.2) is 0 Å². The number of halogens is 1. The summed E-state index contributed by atoms with van der Waals surface area (Å²) >= 11 is 6.15. The molecule has 0 unspecified atom stereocenters. The summed E-state index contributed by atoms with van der Waals surface area (Å²) < 4.78 is 5.69. The van der Waals surface area contributed by atoms with Gasteiger partial charge in [-0.3, -0.25) is 4.79 Å². The largest absolute Gasteiger partial charge is 0.459 e. The first-order valence-corrected chi connectivity index (χ1v) is 6.33. The molecule has 0 bridgehead atoms. The van der Waals surface area contributed by atoms with E-state index in [9.17, 15) is 4.79 Å². The van der Waals surface area contributed by atoms with Crippen molar-refractivity contribution in [3.63, 3.8) is 0 Å². The zero-order chi connectivity index (χ0) is 14.0. The normalized spacial score (nSPS) is 10.4. The standard InChI is InChI=1S/C14H13ClN2O2/c1-3-12-8(2)10-6-9(17-13(18)4-5-16)7-11(15)14(10)19-12/h6-7H,3-4H2,1-2H3,(H,17,18). The Morgan fingerprint density at radius 2 is 2.26 bits per heavy atom. The van der Waals surface area contributed by atoms with Crippen LogP contribution in [0.1, 0.15) is 24.7 Å². The average molecular weight is 277 g/mol. The molecule has 4 nitrogen and oxygen atoms in total. The van der Waals surface area contributed by atoms with Crippen molar-refractivity contribution in [3.05, 3.63) is 28.5 Å². The number of nitrogens with zero attached hydrogens (tertiary/aromatic N) is 1. The van der Waals surface area contributed by atoms with E-state index in [1.165, 1.54) is 0 Å². The van der Waals surface area contributed by atoms with E-state index >= 15 is 0 Å². The molecule has 0 fully saturated rings. The number of amides is 1. The molecule has 1 aromatic heterocycles. The van der Waals surface area contributed by atoms with Gasteiger partial charge in [0.1, 0.15) is 12.2 Å². The first kappa shape index (κ1) is 13.4. The molecule has 98 valence electrons. The molecule has 5 heteroatoms. The number of benzene rings is 1. The van der Waals surface area contributed by atoms with Crippen molar-refractivity contribution in [2.24, 2.45) is 0 Å². The molecule has 0 saturated heterocycles. The molecule has 0 saturated carbocycles. The van der Waals surface area contributed by atoms with E-state index in [0.717, 1.165) is 23.1 Å². The van der Waals surface area contributed by atoms with Crippen LogP contribution in [0.5, 0.6) is 0 Å². The summed E-state index contributed by atoms with van der Waals surface area (Å²) in [5, 5.41) is 12.4. The predicted octanol–water partition coefficient (Wildman–Crippen LogP) is 3.81. The molecule has 2 aromatic rings. The number of rotatable bonds is 3. The van der Waals surface area contributed by atoms with Crippen LogP contribution in [0.25, 0.3) is 11.0 Å². The summed E-state index contributed by atoms with van der Waals surface area (Å²) in [5.74, 6) is 0.534. The molecule has 0 aliphatic heterocycles. The molecule has 1 heterocycles. The maximum Gasteiger partial charge on any atom is 0.238 e. The zero-order valence-corrected chi connectivity index (χ0v) is 11.5. The van der Waals surface area contributed by atoms with Crippen molar-refractivity contribution >= 4 is 34.2 Å². The SMILES string of the molecule is CCc1oc2c(Cl)cc(NC(=O)CC#N)cc2c1C. The summed E-state index contributed by atoms with van der Waals surface area (Å²) in [6.07, 6.45) is 0.604. The Kier molecular flexibility index (Phi) is 3.77. The van der Waals surface area contributed by atoms with Gasteiger partial charge in [-0.05, 0) is 24.6 Å². The topological polar surface area (TPSA) is 66.0 Å². The number of carbonyl (C=O) groups is 1. The monoisotopic (exact) mass is 276 g/mol. The van der Waals surface area contributed by atoms with Gasteiger partial charge in [0, 0.05) is 17.5 Å². The second-order valence-electron chi connectivity index (χ2n) is 4.22. The smallest absolute Gasteiger partial charge is 0.238 e. The zero-order valence-electron chi connectivity index (χ0n) is 10.7. The van der Waals surface area contributed by atoms with Gasteiger partial charge in [0.2, 0.25) is 5.91 Å². The number of carbonyl (C=O) groups excluding carboxylic acids is 1. The third-order valence-corrected chi connectivity index (χ3v) is 3.22. The maximum atomic E-state index is 11.4. The lowest BCUT2D eigenvalue weighted by Gasteiger charge is -2.04. The predicted molar refractivity (Wildman–Crippen MR) is 74.2 cm³/mol. The van der Waals surface area contributed by atoms with Crippen LogP contribution in [0.2, 0.25) is 5.02 Å². The summed E-state index contributed by atoms with van der Waals surface area (Å²) in [7, 11) is 0. The van der Waals surface area contributed by atoms with Crippen molar-refractivity contribution in [3.8, 4) is 6.07 Å². The first-order chi connectivity index (χ1) is 9.06. The molecule has 0 aliphatic rings. The number of nitrogens with one attached hydrogen (secondary N) is 1. The van der Waals surface area contributed by atoms with Crippen molar-refractivity contribution < 1.29 is 9.21 Å². The second kappa shape index (κ2) is 5.33. The van der Waals surface area contributed by atoms with Crippen LogP contribution < -0.4 is 5.32 Å². The molecular weight excluding hydrogens is 264 g/mol. The first-order valence-electron chi connectivity index (χ1n) is 5.95. The highest BCUT2D eigenvalue weighted by atomic mass is 35.5. The van der Waals surface area contributed by atoms with Crippen molar-refractivity contribution in [2.75, 3.05) is 5.32 Å². The van der Waals surface area contributed by atoms with Crippen molar-refractivity contribution in [2.45, 2.75) is 26.7 Å². The van der Waals surface area contributed by atoms with E-state index in [4.69, 9.17) is 21.3 Å².